The number of rotatable bonds is 4. The third-order valence-corrected chi connectivity index (χ3v) is 7.30. The lowest BCUT2D eigenvalue weighted by atomic mass is 9.88. The van der Waals surface area contributed by atoms with Gasteiger partial charge < -0.3 is 14.7 Å². The number of nitrogens with zero attached hydrogens (tertiary/aromatic N) is 1. The van der Waals surface area contributed by atoms with E-state index >= 15 is 0 Å². The molecule has 162 valence electrons. The molecule has 0 unspecified atom stereocenters. The van der Waals surface area contributed by atoms with Crippen LogP contribution in [0.2, 0.25) is 0 Å². The second-order valence-electron chi connectivity index (χ2n) is 9.07. The number of carbonyl (C=O) groups is 2. The van der Waals surface area contributed by atoms with E-state index in [1.807, 2.05) is 29.2 Å². The first-order valence-electron chi connectivity index (χ1n) is 11.0. The van der Waals surface area contributed by atoms with Crippen molar-refractivity contribution in [2.45, 2.75) is 44.1 Å². The van der Waals surface area contributed by atoms with Gasteiger partial charge in [0.15, 0.2) is 0 Å². The van der Waals surface area contributed by atoms with Crippen molar-refractivity contribution in [1.82, 2.24) is 4.90 Å². The first-order chi connectivity index (χ1) is 15.0. The minimum atomic E-state index is -1.07. The normalized spacial score (nSPS) is 24.4. The maximum Gasteiger partial charge on any atom is 0.335 e. The topological polar surface area (TPSA) is 66.8 Å². The summed E-state index contributed by atoms with van der Waals surface area (Å²) in [5.41, 5.74) is 2.56. The van der Waals surface area contributed by atoms with E-state index in [9.17, 15) is 19.1 Å². The third-order valence-electron chi connectivity index (χ3n) is 7.30. The summed E-state index contributed by atoms with van der Waals surface area (Å²) >= 11 is 0. The maximum absolute atomic E-state index is 14.3. The number of carboxylic acids is 1. The summed E-state index contributed by atoms with van der Waals surface area (Å²) in [6.07, 6.45) is 4.70. The molecule has 1 spiro atoms. The van der Waals surface area contributed by atoms with Gasteiger partial charge in [-0.2, -0.15) is 0 Å². The van der Waals surface area contributed by atoms with Gasteiger partial charge >= 0.3 is 5.97 Å². The molecule has 1 aliphatic carbocycles. The van der Waals surface area contributed by atoms with Gasteiger partial charge in [0, 0.05) is 25.3 Å². The Labute approximate surface area is 180 Å². The van der Waals surface area contributed by atoms with Gasteiger partial charge in [0.2, 0.25) is 0 Å². The zero-order valence-electron chi connectivity index (χ0n) is 17.4. The highest BCUT2D eigenvalue weighted by molar-refractivity contribution is 5.89. The van der Waals surface area contributed by atoms with Crippen LogP contribution in [-0.2, 0) is 9.53 Å². The third kappa shape index (κ3) is 3.74. The number of hydrogen-bond acceptors (Lipinski definition) is 3. The molecule has 3 fully saturated rings. The van der Waals surface area contributed by atoms with E-state index in [-0.39, 0.29) is 23.0 Å². The van der Waals surface area contributed by atoms with E-state index in [4.69, 9.17) is 4.74 Å². The molecule has 3 aliphatic rings. The minimum Gasteiger partial charge on any atom is -0.478 e. The van der Waals surface area contributed by atoms with Crippen molar-refractivity contribution in [1.29, 1.82) is 0 Å². The van der Waals surface area contributed by atoms with Crippen LogP contribution in [-0.4, -0.2) is 47.7 Å². The van der Waals surface area contributed by atoms with Crippen molar-refractivity contribution >= 4 is 11.9 Å². The summed E-state index contributed by atoms with van der Waals surface area (Å²) in [6, 6.07) is 11.7. The molecule has 1 saturated carbocycles. The van der Waals surface area contributed by atoms with Crippen LogP contribution >= 0.6 is 0 Å². The molecule has 2 saturated heterocycles. The number of benzene rings is 2. The quantitative estimate of drug-likeness (QED) is 0.788. The molecular formula is C25H26FNO4. The van der Waals surface area contributed by atoms with Crippen LogP contribution in [0.4, 0.5) is 4.39 Å². The summed E-state index contributed by atoms with van der Waals surface area (Å²) < 4.78 is 19.8. The van der Waals surface area contributed by atoms with Gasteiger partial charge in [0.1, 0.15) is 11.9 Å². The lowest BCUT2D eigenvalue weighted by molar-refractivity contribution is -0.142. The molecule has 2 aromatic rings. The molecule has 0 radical (unpaired) electrons. The van der Waals surface area contributed by atoms with Gasteiger partial charge in [-0.05, 0) is 72.8 Å². The molecule has 31 heavy (non-hydrogen) atoms. The molecule has 5 nitrogen and oxygen atoms in total. The van der Waals surface area contributed by atoms with E-state index in [2.05, 4.69) is 0 Å². The van der Waals surface area contributed by atoms with Crippen LogP contribution < -0.4 is 0 Å². The molecular weight excluding hydrogens is 397 g/mol. The van der Waals surface area contributed by atoms with Crippen molar-refractivity contribution in [3.63, 3.8) is 0 Å². The number of carboxylic acid groups (broad SMARTS) is 1. The molecule has 1 N–H and O–H groups in total. The second-order valence-corrected chi connectivity index (χ2v) is 9.07. The highest BCUT2D eigenvalue weighted by Gasteiger charge is 2.55. The van der Waals surface area contributed by atoms with Gasteiger partial charge in [0.05, 0.1) is 5.56 Å². The predicted molar refractivity (Wildman–Crippen MR) is 113 cm³/mol. The van der Waals surface area contributed by atoms with E-state index < -0.39 is 11.8 Å². The van der Waals surface area contributed by atoms with Gasteiger partial charge in [0.25, 0.3) is 5.91 Å². The highest BCUT2D eigenvalue weighted by atomic mass is 19.1. The van der Waals surface area contributed by atoms with Crippen LogP contribution in [0.3, 0.4) is 0 Å². The molecule has 0 aromatic heterocycles. The summed E-state index contributed by atoms with van der Waals surface area (Å²) in [5.74, 6) is -0.873. The van der Waals surface area contributed by atoms with Gasteiger partial charge in [-0.25, -0.2) is 9.18 Å². The number of carbonyl (C=O) groups excluding carboxylic acids is 1. The molecule has 2 aliphatic heterocycles. The molecule has 1 amide bonds. The van der Waals surface area contributed by atoms with Crippen LogP contribution in [0.25, 0.3) is 11.1 Å². The van der Waals surface area contributed by atoms with E-state index in [1.54, 1.807) is 0 Å². The lowest BCUT2D eigenvalue weighted by Gasteiger charge is -2.34. The first kappa shape index (κ1) is 20.2. The van der Waals surface area contributed by atoms with Crippen molar-refractivity contribution in [2.24, 2.45) is 5.41 Å². The smallest absolute Gasteiger partial charge is 0.335 e. The van der Waals surface area contributed by atoms with Gasteiger partial charge in [-0.1, -0.05) is 24.3 Å². The Bertz CT molecular complexity index is 1000. The fraction of sp³-hybridized carbons (Fsp3) is 0.440. The van der Waals surface area contributed by atoms with Crippen LogP contribution in [0.15, 0.2) is 42.5 Å². The molecule has 2 aromatic carbocycles. The average molecular weight is 423 g/mol. The summed E-state index contributed by atoms with van der Waals surface area (Å²) in [4.78, 5) is 25.8. The highest BCUT2D eigenvalue weighted by Crippen LogP contribution is 2.65. The van der Waals surface area contributed by atoms with E-state index in [0.29, 0.717) is 23.7 Å². The second kappa shape index (κ2) is 7.75. The number of piperidine rings is 1. The average Bonchev–Trinajstić information content (AvgIpc) is 3.21. The van der Waals surface area contributed by atoms with Gasteiger partial charge in [-0.3, -0.25) is 4.79 Å². The number of aromatic carboxylic acids is 1. The summed E-state index contributed by atoms with van der Waals surface area (Å²) in [6.45, 7) is 2.28. The van der Waals surface area contributed by atoms with Crippen molar-refractivity contribution < 1.29 is 23.8 Å². The zero-order valence-corrected chi connectivity index (χ0v) is 17.4. The van der Waals surface area contributed by atoms with Crippen LogP contribution in [0.1, 0.15) is 53.9 Å². The maximum atomic E-state index is 14.3. The first-order valence-corrected chi connectivity index (χ1v) is 11.0. The van der Waals surface area contributed by atoms with Gasteiger partial charge in [-0.15, -0.1) is 0 Å². The Morgan fingerprint density at radius 2 is 1.84 bits per heavy atom. The molecule has 5 rings (SSSR count). The fourth-order valence-corrected chi connectivity index (χ4v) is 5.29. The van der Waals surface area contributed by atoms with Crippen molar-refractivity contribution in [2.75, 3.05) is 19.7 Å². The molecule has 2 atom stereocenters. The predicted octanol–water partition coefficient (Wildman–Crippen LogP) is 4.47. The van der Waals surface area contributed by atoms with E-state index in [1.165, 1.54) is 23.8 Å². The molecule has 0 bridgehead atoms. The Morgan fingerprint density at radius 3 is 2.48 bits per heavy atom. The Kier molecular flexibility index (Phi) is 5.05. The Hall–Kier alpha value is -2.73. The fourth-order valence-electron chi connectivity index (χ4n) is 5.29. The number of likely N-dealkylation sites (tertiary alicyclic amines) is 1. The summed E-state index contributed by atoms with van der Waals surface area (Å²) in [5, 5.41) is 9.17. The van der Waals surface area contributed by atoms with Crippen LogP contribution in [0, 0.1) is 11.2 Å². The van der Waals surface area contributed by atoms with Crippen LogP contribution in [0.5, 0.6) is 0 Å². The molecule has 2 heterocycles. The molecule has 6 heteroatoms. The Morgan fingerprint density at radius 1 is 1.10 bits per heavy atom. The standard InChI is InChI=1S/C25H26FNO4/c26-21-8-7-18(24(29)30)14-19(21)16-3-5-17(6-4-16)20-15-25(20)9-11-27(12-10-25)23(28)22-2-1-13-31-22/h3-8,14,20,22H,1-2,9-13,15H2,(H,29,30)/t20-,22+/m0/s1. The number of hydrogen-bond donors (Lipinski definition) is 1. The number of amides is 1. The van der Waals surface area contributed by atoms with E-state index in [0.717, 1.165) is 45.2 Å². The SMILES string of the molecule is O=C(O)c1ccc(F)c(-c2ccc([C@@H]3CC34CCN(C(=O)[C@H]3CCCO3)CC4)cc2)c1. The lowest BCUT2D eigenvalue weighted by Crippen LogP contribution is -2.44. The minimum absolute atomic E-state index is 0.0749. The number of ether oxygens (including phenoxy) is 1. The summed E-state index contributed by atoms with van der Waals surface area (Å²) in [7, 11) is 0. The van der Waals surface area contributed by atoms with Crippen molar-refractivity contribution in [3.05, 3.63) is 59.4 Å². The Balaban J connectivity index is 1.25. The van der Waals surface area contributed by atoms with Crippen molar-refractivity contribution in [3.8, 4) is 11.1 Å². The monoisotopic (exact) mass is 423 g/mol. The number of halogens is 1. The zero-order chi connectivity index (χ0) is 21.6. The largest absolute Gasteiger partial charge is 0.478 e.